The molecule has 144 valence electrons. The number of imide groups is 1. The Morgan fingerprint density at radius 2 is 1.68 bits per heavy atom. The fraction of sp³-hybridized carbons (Fsp3) is 0.471. The van der Waals surface area contributed by atoms with Crippen LogP contribution < -0.4 is 69.5 Å². The average Bonchev–Trinajstić information content (AvgIpc) is 2.56. The van der Waals surface area contributed by atoms with Crippen molar-refractivity contribution in [3.63, 3.8) is 0 Å². The van der Waals surface area contributed by atoms with Gasteiger partial charge >= 0.3 is 65.1 Å². The molecule has 0 aromatic heterocycles. The number of rotatable bonds is 5. The zero-order valence-electron chi connectivity index (χ0n) is 16.9. The van der Waals surface area contributed by atoms with E-state index in [-0.39, 0.29) is 69.9 Å². The Morgan fingerprint density at radius 1 is 1.14 bits per heavy atom. The molecule has 3 amide bonds. The van der Waals surface area contributed by atoms with Crippen LogP contribution in [0.4, 0.5) is 4.79 Å². The Kier molecular flexibility index (Phi) is 14.0. The standard InChI is InChI=1S/C11H18N2O3.C6H6O3S.2Na/c1-4-6-7(3)11(5-2)8(14)12-10(16)13-9(11)15;7-10(8,9)6-4-2-1-3-5-6;;/h7H,4-6H2,1-3H3,(H2,12,13,14,15,16);1-5H,(H,7,8,9);;/q;;2*+1/p-2. The molecule has 2 atom stereocenters. The monoisotopic (exact) mass is 428 g/mol. The van der Waals surface area contributed by atoms with E-state index in [0.717, 1.165) is 12.8 Å². The summed E-state index contributed by atoms with van der Waals surface area (Å²) in [6, 6.07) is 6.34. The van der Waals surface area contributed by atoms with Crippen LogP contribution in [-0.2, 0) is 14.9 Å². The van der Waals surface area contributed by atoms with E-state index < -0.39 is 33.4 Å². The second-order valence-electron chi connectivity index (χ2n) is 5.96. The number of urea groups is 1. The predicted molar refractivity (Wildman–Crippen MR) is 92.2 cm³/mol. The second kappa shape index (κ2) is 13.1. The summed E-state index contributed by atoms with van der Waals surface area (Å²) in [6.07, 6.45) is 2.02. The van der Waals surface area contributed by atoms with Crippen molar-refractivity contribution in [2.24, 2.45) is 16.3 Å². The second-order valence-corrected chi connectivity index (χ2v) is 7.34. The summed E-state index contributed by atoms with van der Waals surface area (Å²) in [5, 5.41) is 14.0. The van der Waals surface area contributed by atoms with Crippen molar-refractivity contribution in [2.75, 3.05) is 0 Å². The van der Waals surface area contributed by atoms with Crippen LogP contribution in [0.2, 0.25) is 0 Å². The molecule has 1 aromatic carbocycles. The zero-order valence-corrected chi connectivity index (χ0v) is 21.7. The molecular weight excluding hydrogens is 406 g/mol. The molecule has 0 saturated carbocycles. The molecule has 1 N–H and O–H groups in total. The molecule has 0 fully saturated rings. The summed E-state index contributed by atoms with van der Waals surface area (Å²) in [6.45, 7) is 5.62. The van der Waals surface area contributed by atoms with Crippen LogP contribution in [0.25, 0.3) is 0 Å². The minimum absolute atomic E-state index is 0. The van der Waals surface area contributed by atoms with Gasteiger partial charge in [-0.1, -0.05) is 45.4 Å². The first kappa shape index (κ1) is 29.9. The molecule has 1 aliphatic heterocycles. The number of benzene rings is 1. The van der Waals surface area contributed by atoms with Crippen LogP contribution in [0.15, 0.2) is 40.2 Å². The number of carbonyl (C=O) groups excluding carboxylic acids is 2. The molecule has 8 nitrogen and oxygen atoms in total. The van der Waals surface area contributed by atoms with E-state index in [1.54, 1.807) is 13.0 Å². The Balaban J connectivity index is 0. The smallest absolute Gasteiger partial charge is 0.861 e. The Morgan fingerprint density at radius 3 is 2.04 bits per heavy atom. The molecule has 1 heterocycles. The molecule has 1 aromatic rings. The number of nitrogens with zero attached hydrogens (tertiary/aromatic N) is 1. The number of nitrogens with one attached hydrogen (secondary N) is 1. The van der Waals surface area contributed by atoms with Gasteiger partial charge in [-0.25, -0.2) is 18.2 Å². The van der Waals surface area contributed by atoms with Gasteiger partial charge in [0.2, 0.25) is 5.91 Å². The first-order valence-corrected chi connectivity index (χ1v) is 9.62. The molecule has 0 aliphatic carbocycles. The largest absolute Gasteiger partial charge is 1.00 e. The number of amides is 3. The number of hydrogen-bond donors (Lipinski definition) is 1. The third-order valence-corrected chi connectivity index (χ3v) is 5.21. The third kappa shape index (κ3) is 7.53. The molecule has 0 saturated heterocycles. The quantitative estimate of drug-likeness (QED) is 0.370. The molecule has 2 rings (SSSR count). The van der Waals surface area contributed by atoms with Crippen LogP contribution in [0.5, 0.6) is 0 Å². The van der Waals surface area contributed by atoms with Crippen molar-refractivity contribution in [2.45, 2.75) is 44.9 Å². The summed E-state index contributed by atoms with van der Waals surface area (Å²) in [5.74, 6) is -1.20. The van der Waals surface area contributed by atoms with Crippen molar-refractivity contribution in [1.82, 2.24) is 5.32 Å². The molecule has 0 bridgehead atoms. The van der Waals surface area contributed by atoms with Crippen LogP contribution in [-0.4, -0.2) is 30.8 Å². The van der Waals surface area contributed by atoms with E-state index in [1.807, 2.05) is 13.8 Å². The first-order chi connectivity index (χ1) is 12.1. The maximum Gasteiger partial charge on any atom is 1.00 e. The number of aliphatic imine (C=N–C) groups is 1. The summed E-state index contributed by atoms with van der Waals surface area (Å²) < 4.78 is 30.8. The maximum atomic E-state index is 11.9. The van der Waals surface area contributed by atoms with Crippen LogP contribution >= 0.6 is 0 Å². The van der Waals surface area contributed by atoms with Crippen molar-refractivity contribution < 1.29 is 86.8 Å². The maximum absolute atomic E-state index is 11.9. The SMILES string of the molecule is CCCC(C)C1(CC)C(=O)NC(=O)N=C1[O-].O=S(=O)([O-])c1ccccc1.[Na+].[Na+]. The third-order valence-electron chi connectivity index (χ3n) is 4.36. The van der Waals surface area contributed by atoms with Gasteiger partial charge < -0.3 is 9.66 Å². The van der Waals surface area contributed by atoms with Gasteiger partial charge in [-0.05, 0) is 36.8 Å². The van der Waals surface area contributed by atoms with Crippen LogP contribution in [0.3, 0.4) is 0 Å². The first-order valence-electron chi connectivity index (χ1n) is 8.22. The average molecular weight is 428 g/mol. The van der Waals surface area contributed by atoms with Crippen LogP contribution in [0, 0.1) is 11.3 Å². The van der Waals surface area contributed by atoms with Gasteiger partial charge in [0.05, 0.1) is 10.3 Å². The van der Waals surface area contributed by atoms with E-state index in [4.69, 9.17) is 0 Å². The number of carbonyl (C=O) groups is 2. The summed E-state index contributed by atoms with van der Waals surface area (Å²) in [7, 11) is -4.25. The molecule has 0 spiro atoms. The molecular formula is C17H22N2Na2O6S. The Hall–Kier alpha value is -0.260. The summed E-state index contributed by atoms with van der Waals surface area (Å²) >= 11 is 0. The van der Waals surface area contributed by atoms with Gasteiger partial charge in [0.15, 0.2) is 0 Å². The minimum atomic E-state index is -4.25. The van der Waals surface area contributed by atoms with Crippen molar-refractivity contribution in [1.29, 1.82) is 0 Å². The van der Waals surface area contributed by atoms with Gasteiger partial charge in [0.25, 0.3) is 0 Å². The van der Waals surface area contributed by atoms with E-state index in [0.29, 0.717) is 6.42 Å². The van der Waals surface area contributed by atoms with Gasteiger partial charge in [-0.3, -0.25) is 10.1 Å². The normalized spacial score (nSPS) is 19.6. The minimum Gasteiger partial charge on any atom is -0.861 e. The van der Waals surface area contributed by atoms with E-state index in [9.17, 15) is 27.7 Å². The molecule has 28 heavy (non-hydrogen) atoms. The fourth-order valence-corrected chi connectivity index (χ4v) is 3.38. The van der Waals surface area contributed by atoms with Gasteiger partial charge in [-0.2, -0.15) is 0 Å². The van der Waals surface area contributed by atoms with E-state index in [1.165, 1.54) is 24.3 Å². The topological polar surface area (TPSA) is 139 Å². The summed E-state index contributed by atoms with van der Waals surface area (Å²) in [5.41, 5.74) is -1.15. The van der Waals surface area contributed by atoms with E-state index >= 15 is 0 Å². The van der Waals surface area contributed by atoms with Gasteiger partial charge in [-0.15, -0.1) is 0 Å². The molecule has 2 unspecified atom stereocenters. The fourth-order valence-electron chi connectivity index (χ4n) is 2.89. The predicted octanol–water partition coefficient (Wildman–Crippen LogP) is -4.57. The van der Waals surface area contributed by atoms with Crippen molar-refractivity contribution in [3.05, 3.63) is 30.3 Å². The molecule has 0 radical (unpaired) electrons. The Labute approximate surface area is 209 Å². The van der Waals surface area contributed by atoms with Gasteiger partial charge in [0, 0.05) is 0 Å². The number of hydrogen-bond acceptors (Lipinski definition) is 6. The Bertz CT molecular complexity index is 786. The van der Waals surface area contributed by atoms with Crippen LogP contribution in [0.1, 0.15) is 40.0 Å². The van der Waals surface area contributed by atoms with Crippen molar-refractivity contribution >= 4 is 28.0 Å². The van der Waals surface area contributed by atoms with Gasteiger partial charge in [0.1, 0.15) is 10.1 Å². The molecule has 11 heteroatoms. The van der Waals surface area contributed by atoms with Crippen molar-refractivity contribution in [3.8, 4) is 0 Å². The summed E-state index contributed by atoms with van der Waals surface area (Å²) in [4.78, 5) is 26.0. The zero-order chi connectivity index (χ0) is 20.0. The molecule has 1 aliphatic rings. The van der Waals surface area contributed by atoms with E-state index in [2.05, 4.69) is 10.3 Å².